The highest BCUT2D eigenvalue weighted by Crippen LogP contribution is 2.34. The van der Waals surface area contributed by atoms with Gasteiger partial charge in [-0.2, -0.15) is 0 Å². The summed E-state index contributed by atoms with van der Waals surface area (Å²) in [5.41, 5.74) is 2.57. The van der Waals surface area contributed by atoms with E-state index in [0.29, 0.717) is 0 Å². The van der Waals surface area contributed by atoms with Crippen molar-refractivity contribution in [1.82, 2.24) is 4.90 Å². The van der Waals surface area contributed by atoms with Crippen molar-refractivity contribution in [2.24, 2.45) is 0 Å². The maximum absolute atomic E-state index is 3.43. The van der Waals surface area contributed by atoms with E-state index >= 15 is 0 Å². The smallest absolute Gasteiger partial charge is 0.0601 e. The van der Waals surface area contributed by atoms with Crippen LogP contribution >= 0.6 is 0 Å². The van der Waals surface area contributed by atoms with Crippen LogP contribution in [0.5, 0.6) is 0 Å². The lowest BCUT2D eigenvalue weighted by Crippen LogP contribution is -3.00. The van der Waals surface area contributed by atoms with Crippen LogP contribution < -0.4 is 12.4 Å². The molecule has 0 amide bonds. The van der Waals surface area contributed by atoms with Crippen molar-refractivity contribution in [2.75, 3.05) is 19.6 Å². The van der Waals surface area contributed by atoms with E-state index in [1.165, 1.54) is 11.1 Å². The summed E-state index contributed by atoms with van der Waals surface area (Å²) in [7, 11) is 0. The molecule has 128 valence electrons. The maximum atomic E-state index is 3.43. The van der Waals surface area contributed by atoms with Gasteiger partial charge in [0.05, 0.1) is 6.54 Å². The third kappa shape index (κ3) is 5.13. The van der Waals surface area contributed by atoms with Gasteiger partial charge in [0.15, 0.2) is 0 Å². The quantitative estimate of drug-likeness (QED) is 0.724. The lowest BCUT2D eigenvalue weighted by molar-refractivity contribution is -0.00000490. The summed E-state index contributed by atoms with van der Waals surface area (Å²) in [6, 6.07) is 21.4. The van der Waals surface area contributed by atoms with Gasteiger partial charge in [0.25, 0.3) is 0 Å². The summed E-state index contributed by atoms with van der Waals surface area (Å²) in [4.78, 5) is 2.34. The number of hydrogen-bond donors (Lipinski definition) is 0. The first kappa shape index (κ1) is 20.3. The minimum Gasteiger partial charge on any atom is -1.00 e. The van der Waals surface area contributed by atoms with Gasteiger partial charge in [0.2, 0.25) is 0 Å². The molecule has 0 aromatic heterocycles. The Morgan fingerprint density at radius 3 is 1.67 bits per heavy atom. The van der Waals surface area contributed by atoms with Gasteiger partial charge in [-0.1, -0.05) is 87.4 Å². The van der Waals surface area contributed by atoms with Gasteiger partial charge >= 0.3 is 0 Å². The van der Waals surface area contributed by atoms with Gasteiger partial charge in [-0.25, -0.2) is 0 Å². The standard InChI is InChI=1S/C22H27N.ClH/c1-4-23(5-2)19-13-12-18-22(3,20-14-8-6-9-15-20)21-16-10-7-11-17-21;/h6-11,14-17H,4-5,18-19H2,1-3H3;1H/p-1. The largest absolute Gasteiger partial charge is 1.00 e. The number of rotatable bonds is 6. The molecule has 0 unspecified atom stereocenters. The van der Waals surface area contributed by atoms with E-state index < -0.39 is 0 Å². The lowest BCUT2D eigenvalue weighted by atomic mass is 9.74. The van der Waals surface area contributed by atoms with E-state index in [4.69, 9.17) is 0 Å². The Hall–Kier alpha value is -1.75. The first-order valence-corrected chi connectivity index (χ1v) is 8.49. The van der Waals surface area contributed by atoms with Gasteiger partial charge in [-0.15, -0.1) is 5.92 Å². The molecule has 0 atom stereocenters. The van der Waals surface area contributed by atoms with Gasteiger partial charge in [-0.05, 0) is 24.2 Å². The fraction of sp³-hybridized carbons (Fsp3) is 0.364. The van der Waals surface area contributed by atoms with Gasteiger partial charge in [0, 0.05) is 11.8 Å². The van der Waals surface area contributed by atoms with Crippen LogP contribution in [0.4, 0.5) is 0 Å². The Balaban J connectivity index is 0.00000288. The normalized spacial score (nSPS) is 10.7. The Morgan fingerprint density at radius 2 is 1.25 bits per heavy atom. The van der Waals surface area contributed by atoms with E-state index in [1.807, 2.05) is 0 Å². The van der Waals surface area contributed by atoms with E-state index in [-0.39, 0.29) is 17.8 Å². The van der Waals surface area contributed by atoms with Crippen LogP contribution in [-0.2, 0) is 5.41 Å². The van der Waals surface area contributed by atoms with E-state index in [1.54, 1.807) is 0 Å². The molecule has 0 heterocycles. The molecule has 2 aromatic carbocycles. The second-order valence-corrected chi connectivity index (χ2v) is 6.06. The summed E-state index contributed by atoms with van der Waals surface area (Å²) in [5.74, 6) is 6.79. The molecule has 0 fully saturated rings. The molecule has 24 heavy (non-hydrogen) atoms. The molecule has 2 aromatic rings. The zero-order valence-electron chi connectivity index (χ0n) is 14.9. The van der Waals surface area contributed by atoms with Crippen LogP contribution in [0.3, 0.4) is 0 Å². The number of benzene rings is 2. The van der Waals surface area contributed by atoms with E-state index in [2.05, 4.69) is 98.2 Å². The maximum Gasteiger partial charge on any atom is 0.0601 e. The number of hydrogen-bond acceptors (Lipinski definition) is 1. The fourth-order valence-electron chi connectivity index (χ4n) is 2.84. The third-order valence-electron chi connectivity index (χ3n) is 4.59. The zero-order valence-corrected chi connectivity index (χ0v) is 15.7. The van der Waals surface area contributed by atoms with Crippen molar-refractivity contribution in [2.45, 2.75) is 32.6 Å². The minimum atomic E-state index is -0.0707. The van der Waals surface area contributed by atoms with E-state index in [0.717, 1.165) is 26.1 Å². The monoisotopic (exact) mass is 340 g/mol. The zero-order chi connectivity index (χ0) is 16.5. The van der Waals surface area contributed by atoms with Crippen LogP contribution in [0.2, 0.25) is 0 Å². The van der Waals surface area contributed by atoms with Crippen LogP contribution in [0.15, 0.2) is 60.7 Å². The Labute approximate surface area is 153 Å². The molecule has 0 aliphatic carbocycles. The predicted octanol–water partition coefficient (Wildman–Crippen LogP) is 1.73. The summed E-state index contributed by atoms with van der Waals surface area (Å²) in [5, 5.41) is 0. The highest BCUT2D eigenvalue weighted by Gasteiger charge is 2.27. The first-order valence-electron chi connectivity index (χ1n) is 8.49. The number of nitrogens with zero attached hydrogens (tertiary/aromatic N) is 1. The summed E-state index contributed by atoms with van der Waals surface area (Å²) < 4.78 is 0. The minimum absolute atomic E-state index is 0. The molecular formula is C22H27ClN-. The topological polar surface area (TPSA) is 3.24 Å². The van der Waals surface area contributed by atoms with Gasteiger partial charge in [-0.3, -0.25) is 4.90 Å². The van der Waals surface area contributed by atoms with Crippen molar-refractivity contribution in [3.8, 4) is 11.8 Å². The van der Waals surface area contributed by atoms with Crippen molar-refractivity contribution in [3.63, 3.8) is 0 Å². The number of halogens is 1. The first-order chi connectivity index (χ1) is 11.2. The van der Waals surface area contributed by atoms with Crippen molar-refractivity contribution < 1.29 is 12.4 Å². The van der Waals surface area contributed by atoms with Crippen LogP contribution in [-0.4, -0.2) is 24.5 Å². The van der Waals surface area contributed by atoms with Crippen molar-refractivity contribution in [3.05, 3.63) is 71.8 Å². The Bertz CT molecular complexity index is 596. The molecule has 0 radical (unpaired) electrons. The highest BCUT2D eigenvalue weighted by molar-refractivity contribution is 5.39. The average molecular weight is 341 g/mol. The SMILES string of the molecule is CCN(CC)CC#CCC(C)(c1ccccc1)c1ccccc1.[Cl-]. The summed E-state index contributed by atoms with van der Waals surface area (Å²) in [6.45, 7) is 9.63. The lowest BCUT2D eigenvalue weighted by Gasteiger charge is -2.29. The second-order valence-electron chi connectivity index (χ2n) is 6.06. The predicted molar refractivity (Wildman–Crippen MR) is 99.5 cm³/mol. The van der Waals surface area contributed by atoms with E-state index in [9.17, 15) is 0 Å². The Morgan fingerprint density at radius 1 is 0.792 bits per heavy atom. The summed E-state index contributed by atoms with van der Waals surface area (Å²) in [6.07, 6.45) is 0.836. The average Bonchev–Trinajstić information content (AvgIpc) is 2.63. The molecule has 0 aliphatic rings. The molecule has 0 N–H and O–H groups in total. The van der Waals surface area contributed by atoms with Crippen molar-refractivity contribution >= 4 is 0 Å². The van der Waals surface area contributed by atoms with Gasteiger partial charge in [0.1, 0.15) is 0 Å². The van der Waals surface area contributed by atoms with Crippen LogP contribution in [0.1, 0.15) is 38.3 Å². The second kappa shape index (κ2) is 10.2. The molecule has 0 spiro atoms. The molecule has 0 saturated carbocycles. The molecular weight excluding hydrogens is 314 g/mol. The molecule has 2 heteroatoms. The Kier molecular flexibility index (Phi) is 8.61. The molecule has 0 aliphatic heterocycles. The molecule has 0 bridgehead atoms. The summed E-state index contributed by atoms with van der Waals surface area (Å²) >= 11 is 0. The fourth-order valence-corrected chi connectivity index (χ4v) is 2.84. The molecule has 1 nitrogen and oxygen atoms in total. The highest BCUT2D eigenvalue weighted by atomic mass is 35.5. The molecule has 0 saturated heterocycles. The van der Waals surface area contributed by atoms with Crippen molar-refractivity contribution in [1.29, 1.82) is 0 Å². The van der Waals surface area contributed by atoms with Crippen LogP contribution in [0, 0.1) is 11.8 Å². The third-order valence-corrected chi connectivity index (χ3v) is 4.59. The molecule has 2 rings (SSSR count). The van der Waals surface area contributed by atoms with Gasteiger partial charge < -0.3 is 12.4 Å². The van der Waals surface area contributed by atoms with Crippen LogP contribution in [0.25, 0.3) is 0 Å².